The van der Waals surface area contributed by atoms with Crippen molar-refractivity contribution in [3.8, 4) is 16.7 Å². The van der Waals surface area contributed by atoms with Crippen LogP contribution < -0.4 is 9.47 Å². The maximum Gasteiger partial charge on any atom is 0.278 e. The Bertz CT molecular complexity index is 662. The molecule has 0 spiro atoms. The molecule has 5 nitrogen and oxygen atoms in total. The lowest BCUT2D eigenvalue weighted by atomic mass is 10.3. The molecule has 0 saturated carbocycles. The molecule has 0 aliphatic rings. The van der Waals surface area contributed by atoms with Crippen LogP contribution in [-0.2, 0) is 6.61 Å². The van der Waals surface area contributed by atoms with Crippen LogP contribution in [0.2, 0.25) is 0 Å². The van der Waals surface area contributed by atoms with E-state index in [0.717, 1.165) is 17.2 Å². The summed E-state index contributed by atoms with van der Waals surface area (Å²) in [5.41, 5.74) is 0.843. The van der Waals surface area contributed by atoms with Crippen molar-refractivity contribution in [3.05, 3.63) is 53.4 Å². The number of thiazole rings is 1. The Morgan fingerprint density at radius 2 is 2.00 bits per heavy atom. The van der Waals surface area contributed by atoms with Gasteiger partial charge in [-0.25, -0.2) is 4.98 Å². The van der Waals surface area contributed by atoms with Crippen LogP contribution in [0.15, 0.2) is 46.4 Å². The molecule has 0 radical (unpaired) electrons. The van der Waals surface area contributed by atoms with Crippen molar-refractivity contribution in [2.24, 2.45) is 0 Å². The standard InChI is InChI=1S/C14H12N2O3S/c1-10-8-13(19-16-10)9-17-11-2-4-12(5-3-11)18-14-15-6-7-20-14/h2-8H,9H2,1H3. The minimum atomic E-state index is 0.355. The molecule has 2 heterocycles. The van der Waals surface area contributed by atoms with E-state index in [1.807, 2.05) is 42.6 Å². The minimum Gasteiger partial charge on any atom is -0.486 e. The Balaban J connectivity index is 1.58. The molecule has 0 N–H and O–H groups in total. The lowest BCUT2D eigenvalue weighted by Crippen LogP contribution is -1.93. The van der Waals surface area contributed by atoms with E-state index in [9.17, 15) is 0 Å². The Labute approximate surface area is 119 Å². The van der Waals surface area contributed by atoms with Crippen LogP contribution in [-0.4, -0.2) is 10.1 Å². The number of ether oxygens (including phenoxy) is 2. The third kappa shape index (κ3) is 3.16. The molecule has 2 aromatic heterocycles. The van der Waals surface area contributed by atoms with E-state index < -0.39 is 0 Å². The smallest absolute Gasteiger partial charge is 0.278 e. The molecule has 20 heavy (non-hydrogen) atoms. The lowest BCUT2D eigenvalue weighted by molar-refractivity contribution is 0.248. The molecule has 0 aliphatic carbocycles. The van der Waals surface area contributed by atoms with E-state index in [1.54, 1.807) is 6.20 Å². The monoisotopic (exact) mass is 288 g/mol. The number of aryl methyl sites for hydroxylation is 1. The number of hydrogen-bond acceptors (Lipinski definition) is 6. The zero-order chi connectivity index (χ0) is 13.8. The normalized spacial score (nSPS) is 10.4. The predicted molar refractivity (Wildman–Crippen MR) is 74.2 cm³/mol. The van der Waals surface area contributed by atoms with Crippen molar-refractivity contribution in [2.75, 3.05) is 0 Å². The number of rotatable bonds is 5. The summed E-state index contributed by atoms with van der Waals surface area (Å²) in [5, 5.41) is 6.29. The van der Waals surface area contributed by atoms with Gasteiger partial charge in [-0.1, -0.05) is 16.5 Å². The molecule has 0 saturated heterocycles. The van der Waals surface area contributed by atoms with E-state index in [4.69, 9.17) is 14.0 Å². The average molecular weight is 288 g/mol. The van der Waals surface area contributed by atoms with Gasteiger partial charge in [0.2, 0.25) is 0 Å². The molecule has 0 unspecified atom stereocenters. The maximum atomic E-state index is 5.59. The van der Waals surface area contributed by atoms with Crippen LogP contribution in [0.3, 0.4) is 0 Å². The molecule has 0 fully saturated rings. The van der Waals surface area contributed by atoms with Gasteiger partial charge in [0, 0.05) is 17.6 Å². The van der Waals surface area contributed by atoms with Crippen molar-refractivity contribution >= 4 is 11.3 Å². The fourth-order valence-corrected chi connectivity index (χ4v) is 2.11. The van der Waals surface area contributed by atoms with Crippen molar-refractivity contribution in [3.63, 3.8) is 0 Å². The lowest BCUT2D eigenvalue weighted by Gasteiger charge is -2.05. The quantitative estimate of drug-likeness (QED) is 0.714. The first-order valence-corrected chi connectivity index (χ1v) is 6.90. The first-order valence-electron chi connectivity index (χ1n) is 6.02. The van der Waals surface area contributed by atoms with Gasteiger partial charge in [-0.3, -0.25) is 0 Å². The molecule has 0 atom stereocenters. The molecule has 0 aliphatic heterocycles. The first-order chi connectivity index (χ1) is 9.79. The third-order valence-electron chi connectivity index (χ3n) is 2.50. The van der Waals surface area contributed by atoms with E-state index in [2.05, 4.69) is 10.1 Å². The van der Waals surface area contributed by atoms with Crippen LogP contribution in [0.25, 0.3) is 0 Å². The van der Waals surface area contributed by atoms with Gasteiger partial charge in [-0.05, 0) is 31.2 Å². The van der Waals surface area contributed by atoms with E-state index in [-0.39, 0.29) is 0 Å². The highest BCUT2D eigenvalue weighted by Crippen LogP contribution is 2.25. The van der Waals surface area contributed by atoms with E-state index in [1.165, 1.54) is 11.3 Å². The molecule has 0 bridgehead atoms. The Morgan fingerprint density at radius 1 is 1.20 bits per heavy atom. The van der Waals surface area contributed by atoms with Crippen molar-refractivity contribution in [1.29, 1.82) is 0 Å². The summed E-state index contributed by atoms with van der Waals surface area (Å²) in [6.07, 6.45) is 1.71. The summed E-state index contributed by atoms with van der Waals surface area (Å²) in [6.45, 7) is 2.23. The third-order valence-corrected chi connectivity index (χ3v) is 3.14. The second kappa shape index (κ2) is 5.75. The van der Waals surface area contributed by atoms with Gasteiger partial charge in [-0.2, -0.15) is 0 Å². The fraction of sp³-hybridized carbons (Fsp3) is 0.143. The molecule has 1 aromatic carbocycles. The summed E-state index contributed by atoms with van der Waals surface area (Å²) in [4.78, 5) is 4.06. The van der Waals surface area contributed by atoms with Crippen molar-refractivity contribution in [1.82, 2.24) is 10.1 Å². The van der Waals surface area contributed by atoms with Gasteiger partial charge >= 0.3 is 0 Å². The second-order valence-electron chi connectivity index (χ2n) is 4.09. The summed E-state index contributed by atoms with van der Waals surface area (Å²) < 4.78 is 16.2. The average Bonchev–Trinajstić information content (AvgIpc) is 3.10. The molecule has 3 rings (SSSR count). The van der Waals surface area contributed by atoms with E-state index >= 15 is 0 Å². The first kappa shape index (κ1) is 12.7. The summed E-state index contributed by atoms with van der Waals surface area (Å²) in [5.74, 6) is 2.17. The van der Waals surface area contributed by atoms with Gasteiger partial charge < -0.3 is 14.0 Å². The van der Waals surface area contributed by atoms with Crippen LogP contribution in [0.4, 0.5) is 0 Å². The number of aromatic nitrogens is 2. The Morgan fingerprint density at radius 3 is 2.65 bits per heavy atom. The Kier molecular flexibility index (Phi) is 3.64. The molecule has 3 aromatic rings. The SMILES string of the molecule is Cc1cc(COc2ccc(Oc3nccs3)cc2)on1. The largest absolute Gasteiger partial charge is 0.486 e. The molecular formula is C14H12N2O3S. The molecule has 102 valence electrons. The highest BCUT2D eigenvalue weighted by Gasteiger charge is 2.03. The summed E-state index contributed by atoms with van der Waals surface area (Å²) in [7, 11) is 0. The van der Waals surface area contributed by atoms with E-state index in [0.29, 0.717) is 17.6 Å². The topological polar surface area (TPSA) is 57.4 Å². The van der Waals surface area contributed by atoms with Crippen LogP contribution in [0, 0.1) is 6.92 Å². The van der Waals surface area contributed by atoms with Crippen LogP contribution in [0.5, 0.6) is 16.7 Å². The van der Waals surface area contributed by atoms with Gasteiger partial charge in [0.05, 0.1) is 5.69 Å². The highest BCUT2D eigenvalue weighted by atomic mass is 32.1. The predicted octanol–water partition coefficient (Wildman–Crippen LogP) is 3.81. The zero-order valence-corrected chi connectivity index (χ0v) is 11.6. The van der Waals surface area contributed by atoms with Gasteiger partial charge in [0.1, 0.15) is 18.1 Å². The summed E-state index contributed by atoms with van der Waals surface area (Å²) in [6, 6.07) is 9.20. The van der Waals surface area contributed by atoms with Crippen LogP contribution in [0.1, 0.15) is 11.5 Å². The van der Waals surface area contributed by atoms with Crippen molar-refractivity contribution in [2.45, 2.75) is 13.5 Å². The minimum absolute atomic E-state index is 0.355. The molecule has 6 heteroatoms. The number of nitrogens with zero attached hydrogens (tertiary/aromatic N) is 2. The van der Waals surface area contributed by atoms with Crippen LogP contribution >= 0.6 is 11.3 Å². The van der Waals surface area contributed by atoms with Gasteiger partial charge in [0.25, 0.3) is 5.19 Å². The second-order valence-corrected chi connectivity index (χ2v) is 4.95. The number of benzene rings is 1. The molecule has 0 amide bonds. The van der Waals surface area contributed by atoms with Crippen molar-refractivity contribution < 1.29 is 14.0 Å². The highest BCUT2D eigenvalue weighted by molar-refractivity contribution is 7.11. The van der Waals surface area contributed by atoms with Gasteiger partial charge in [0.15, 0.2) is 5.76 Å². The van der Waals surface area contributed by atoms with Gasteiger partial charge in [-0.15, -0.1) is 0 Å². The maximum absolute atomic E-state index is 5.59. The zero-order valence-electron chi connectivity index (χ0n) is 10.8. The fourth-order valence-electron chi connectivity index (χ4n) is 1.60. The molecular weight excluding hydrogens is 276 g/mol. The summed E-state index contributed by atoms with van der Waals surface area (Å²) >= 11 is 1.45. The Hall–Kier alpha value is -2.34. The number of hydrogen-bond donors (Lipinski definition) is 0.